The van der Waals surface area contributed by atoms with Crippen LogP contribution in [0.15, 0.2) is 0 Å². The second kappa shape index (κ2) is 4.65. The third-order valence-corrected chi connectivity index (χ3v) is 4.98. The van der Waals surface area contributed by atoms with Crippen molar-refractivity contribution in [2.45, 2.75) is 45.3 Å². The summed E-state index contributed by atoms with van der Waals surface area (Å²) in [5.41, 5.74) is 0.276. The van der Waals surface area contributed by atoms with Gasteiger partial charge in [-0.3, -0.25) is 4.21 Å². The predicted molar refractivity (Wildman–Crippen MR) is 63.8 cm³/mol. The highest BCUT2D eigenvalue weighted by Gasteiger charge is 2.37. The molecule has 4 unspecified atom stereocenters. The van der Waals surface area contributed by atoms with Gasteiger partial charge in [0.15, 0.2) is 0 Å². The first-order valence-electron chi connectivity index (χ1n) is 5.58. The van der Waals surface area contributed by atoms with Crippen LogP contribution in [0.4, 0.5) is 0 Å². The van der Waals surface area contributed by atoms with E-state index in [0.717, 1.165) is 19.3 Å². The van der Waals surface area contributed by atoms with E-state index in [1.54, 1.807) is 6.26 Å². The van der Waals surface area contributed by atoms with Gasteiger partial charge in [-0.1, -0.05) is 20.8 Å². The molecule has 86 valence electrons. The zero-order valence-electron chi connectivity index (χ0n) is 10.1. The molecule has 2 nitrogen and oxygen atoms in total. The fourth-order valence-corrected chi connectivity index (χ4v) is 3.59. The van der Waals surface area contributed by atoms with Gasteiger partial charge in [-0.05, 0) is 30.6 Å². The summed E-state index contributed by atoms with van der Waals surface area (Å²) in [5.74, 6) is 0.616. The fraction of sp³-hybridized carbons (Fsp3) is 0.917. The Morgan fingerprint density at radius 3 is 2.33 bits per heavy atom. The largest absolute Gasteiger partial charge is 0.260 e. The Bertz CT molecular complexity index is 287. The van der Waals surface area contributed by atoms with Crippen molar-refractivity contribution >= 4 is 10.8 Å². The van der Waals surface area contributed by atoms with Gasteiger partial charge in [-0.25, -0.2) is 0 Å². The molecule has 0 radical (unpaired) electrons. The van der Waals surface area contributed by atoms with Crippen molar-refractivity contribution in [3.05, 3.63) is 0 Å². The number of hydrogen-bond donors (Lipinski definition) is 0. The van der Waals surface area contributed by atoms with Crippen LogP contribution in [0.3, 0.4) is 0 Å². The Kier molecular flexibility index (Phi) is 3.94. The maximum Gasteiger partial charge on any atom is 0.0668 e. The summed E-state index contributed by atoms with van der Waals surface area (Å²) >= 11 is 0. The summed E-state index contributed by atoms with van der Waals surface area (Å²) < 4.78 is 11.6. The van der Waals surface area contributed by atoms with Crippen molar-refractivity contribution in [1.82, 2.24) is 0 Å². The van der Waals surface area contributed by atoms with Crippen LogP contribution in [0.5, 0.6) is 0 Å². The zero-order chi connectivity index (χ0) is 11.6. The number of nitrogens with zero attached hydrogens (tertiary/aromatic N) is 1. The van der Waals surface area contributed by atoms with E-state index in [0.29, 0.717) is 5.92 Å². The lowest BCUT2D eigenvalue weighted by atomic mass is 9.70. The molecule has 0 bridgehead atoms. The summed E-state index contributed by atoms with van der Waals surface area (Å²) in [6.07, 6.45) is 4.71. The molecule has 0 spiro atoms. The molecule has 0 aromatic carbocycles. The van der Waals surface area contributed by atoms with Crippen LogP contribution in [0, 0.1) is 28.6 Å². The molecule has 3 heteroatoms. The third kappa shape index (κ3) is 3.04. The minimum atomic E-state index is -0.860. The summed E-state index contributed by atoms with van der Waals surface area (Å²) in [5, 5.41) is 9.11. The molecule has 0 heterocycles. The highest BCUT2D eigenvalue weighted by molar-refractivity contribution is 7.84. The Morgan fingerprint density at radius 2 is 1.93 bits per heavy atom. The van der Waals surface area contributed by atoms with Gasteiger partial charge in [0.25, 0.3) is 0 Å². The minimum Gasteiger partial charge on any atom is -0.260 e. The molecule has 0 N–H and O–H groups in total. The van der Waals surface area contributed by atoms with E-state index in [1.807, 2.05) is 0 Å². The highest BCUT2D eigenvalue weighted by atomic mass is 32.2. The highest BCUT2D eigenvalue weighted by Crippen LogP contribution is 2.41. The van der Waals surface area contributed by atoms with Crippen LogP contribution in [0.25, 0.3) is 0 Å². The average Bonchev–Trinajstić information content (AvgIpc) is 2.15. The molecule has 1 saturated carbocycles. The van der Waals surface area contributed by atoms with E-state index in [1.165, 1.54) is 0 Å². The fourth-order valence-electron chi connectivity index (χ4n) is 2.43. The minimum absolute atomic E-state index is 0.00873. The van der Waals surface area contributed by atoms with E-state index >= 15 is 0 Å². The normalized spacial score (nSPS) is 34.5. The predicted octanol–water partition coefficient (Wildman–Crippen LogP) is 2.72. The SMILES string of the molecule is CS(=O)C1CC(C(C)(C)C)CCC1C#N. The average molecular weight is 227 g/mol. The van der Waals surface area contributed by atoms with E-state index in [-0.39, 0.29) is 16.6 Å². The van der Waals surface area contributed by atoms with Crippen molar-refractivity contribution in [2.75, 3.05) is 6.26 Å². The Labute approximate surface area is 95.5 Å². The number of rotatable bonds is 1. The van der Waals surface area contributed by atoms with Crippen molar-refractivity contribution < 1.29 is 4.21 Å². The van der Waals surface area contributed by atoms with Gasteiger partial charge in [0.1, 0.15) is 0 Å². The van der Waals surface area contributed by atoms with Crippen LogP contribution < -0.4 is 0 Å². The van der Waals surface area contributed by atoms with Crippen LogP contribution in [-0.4, -0.2) is 15.7 Å². The molecule has 4 atom stereocenters. The maximum atomic E-state index is 11.6. The summed E-state index contributed by atoms with van der Waals surface area (Å²) in [7, 11) is -0.860. The molecular weight excluding hydrogens is 206 g/mol. The molecule has 1 fully saturated rings. The molecule has 0 saturated heterocycles. The Hall–Kier alpha value is -0.360. The van der Waals surface area contributed by atoms with Gasteiger partial charge < -0.3 is 0 Å². The molecule has 1 aliphatic rings. The lowest BCUT2D eigenvalue weighted by Crippen LogP contribution is -2.36. The van der Waals surface area contributed by atoms with Crippen molar-refractivity contribution in [3.63, 3.8) is 0 Å². The molecule has 1 rings (SSSR count). The first-order chi connectivity index (χ1) is 6.86. The quantitative estimate of drug-likeness (QED) is 0.691. The molecule has 1 aliphatic carbocycles. The van der Waals surface area contributed by atoms with Gasteiger partial charge in [0.2, 0.25) is 0 Å². The van der Waals surface area contributed by atoms with Crippen LogP contribution in [-0.2, 0) is 10.8 Å². The summed E-state index contributed by atoms with van der Waals surface area (Å²) in [6, 6.07) is 2.31. The van der Waals surface area contributed by atoms with Crippen molar-refractivity contribution in [1.29, 1.82) is 5.26 Å². The molecular formula is C12H21NOS. The topological polar surface area (TPSA) is 40.9 Å². The van der Waals surface area contributed by atoms with E-state index in [2.05, 4.69) is 26.8 Å². The number of hydrogen-bond acceptors (Lipinski definition) is 2. The third-order valence-electron chi connectivity index (χ3n) is 3.61. The van der Waals surface area contributed by atoms with Gasteiger partial charge in [0, 0.05) is 17.1 Å². The standard InChI is InChI=1S/C12H21NOS/c1-12(2,3)10-6-5-9(8-13)11(7-10)15(4)14/h9-11H,5-7H2,1-4H3. The summed E-state index contributed by atoms with van der Waals surface area (Å²) in [6.45, 7) is 6.71. The van der Waals surface area contributed by atoms with E-state index < -0.39 is 10.8 Å². The maximum absolute atomic E-state index is 11.6. The monoisotopic (exact) mass is 227 g/mol. The molecule has 0 aromatic heterocycles. The zero-order valence-corrected chi connectivity index (χ0v) is 10.9. The van der Waals surface area contributed by atoms with Gasteiger partial charge in [-0.15, -0.1) is 0 Å². The first-order valence-corrected chi connectivity index (χ1v) is 7.20. The van der Waals surface area contributed by atoms with E-state index in [9.17, 15) is 4.21 Å². The Balaban J connectivity index is 2.76. The Morgan fingerprint density at radius 1 is 1.33 bits per heavy atom. The smallest absolute Gasteiger partial charge is 0.0668 e. The second-order valence-electron chi connectivity index (χ2n) is 5.65. The molecule has 15 heavy (non-hydrogen) atoms. The van der Waals surface area contributed by atoms with Crippen LogP contribution in [0.1, 0.15) is 40.0 Å². The molecule has 0 aliphatic heterocycles. The van der Waals surface area contributed by atoms with Crippen LogP contribution >= 0.6 is 0 Å². The van der Waals surface area contributed by atoms with Gasteiger partial charge in [-0.2, -0.15) is 5.26 Å². The lowest BCUT2D eigenvalue weighted by molar-refractivity contribution is 0.168. The molecule has 0 aromatic rings. The summed E-state index contributed by atoms with van der Waals surface area (Å²) in [4.78, 5) is 0. The van der Waals surface area contributed by atoms with Gasteiger partial charge in [0.05, 0.1) is 17.2 Å². The lowest BCUT2D eigenvalue weighted by Gasteiger charge is -2.38. The molecule has 0 amide bonds. The van der Waals surface area contributed by atoms with Gasteiger partial charge >= 0.3 is 0 Å². The second-order valence-corrected chi connectivity index (χ2v) is 7.25. The van der Waals surface area contributed by atoms with Crippen molar-refractivity contribution in [2.24, 2.45) is 17.3 Å². The number of nitriles is 1. The van der Waals surface area contributed by atoms with E-state index in [4.69, 9.17) is 5.26 Å². The first kappa shape index (κ1) is 12.7. The van der Waals surface area contributed by atoms with Crippen LogP contribution in [0.2, 0.25) is 0 Å². The van der Waals surface area contributed by atoms with Crippen molar-refractivity contribution in [3.8, 4) is 6.07 Å².